The molecule has 0 aliphatic heterocycles. The zero-order chi connectivity index (χ0) is 15.6. The standard InChI is InChI=1S/C19H34O/c1-16(2)10-7-11-17(3)12-8-13-18(4)14-9-15-19(5,6)20/h10,12,14,20H,7-9,11,13,15H2,1-6H3. The minimum atomic E-state index is -0.543. The van der Waals surface area contributed by atoms with E-state index in [1.807, 2.05) is 13.8 Å². The number of hydrogen-bond donors (Lipinski definition) is 1. The van der Waals surface area contributed by atoms with Crippen LogP contribution >= 0.6 is 0 Å². The van der Waals surface area contributed by atoms with Crippen LogP contribution in [-0.2, 0) is 0 Å². The van der Waals surface area contributed by atoms with Crippen LogP contribution in [0.15, 0.2) is 34.9 Å². The van der Waals surface area contributed by atoms with Crippen molar-refractivity contribution in [2.24, 2.45) is 0 Å². The van der Waals surface area contributed by atoms with Gasteiger partial charge >= 0.3 is 0 Å². The highest BCUT2D eigenvalue weighted by Crippen LogP contribution is 2.15. The predicted molar refractivity (Wildman–Crippen MR) is 90.9 cm³/mol. The molecule has 20 heavy (non-hydrogen) atoms. The Kier molecular flexibility index (Phi) is 9.58. The van der Waals surface area contributed by atoms with E-state index < -0.39 is 5.60 Å². The van der Waals surface area contributed by atoms with Crippen LogP contribution in [0.3, 0.4) is 0 Å². The average Bonchev–Trinajstić information content (AvgIpc) is 2.26. The number of rotatable bonds is 9. The van der Waals surface area contributed by atoms with Gasteiger partial charge in [0.2, 0.25) is 0 Å². The Morgan fingerprint density at radius 1 is 0.800 bits per heavy atom. The highest BCUT2D eigenvalue weighted by Gasteiger charge is 2.10. The van der Waals surface area contributed by atoms with Crippen molar-refractivity contribution in [2.45, 2.75) is 85.7 Å². The number of aliphatic hydroxyl groups is 1. The third kappa shape index (κ3) is 13.6. The molecule has 1 heteroatoms. The molecular weight excluding hydrogens is 244 g/mol. The topological polar surface area (TPSA) is 20.2 Å². The summed E-state index contributed by atoms with van der Waals surface area (Å²) < 4.78 is 0. The maximum Gasteiger partial charge on any atom is 0.0594 e. The normalized spacial score (nSPS) is 13.6. The van der Waals surface area contributed by atoms with Gasteiger partial charge in [0.05, 0.1) is 5.60 Å². The van der Waals surface area contributed by atoms with Crippen LogP contribution in [-0.4, -0.2) is 10.7 Å². The summed E-state index contributed by atoms with van der Waals surface area (Å²) >= 11 is 0. The maximum atomic E-state index is 9.66. The molecule has 0 amide bonds. The fourth-order valence-corrected chi connectivity index (χ4v) is 2.01. The molecule has 1 nitrogen and oxygen atoms in total. The smallest absolute Gasteiger partial charge is 0.0594 e. The molecule has 0 heterocycles. The molecule has 0 unspecified atom stereocenters. The molecule has 0 aromatic rings. The predicted octanol–water partition coefficient (Wildman–Crippen LogP) is 5.96. The van der Waals surface area contributed by atoms with E-state index in [-0.39, 0.29) is 0 Å². The molecule has 0 spiro atoms. The van der Waals surface area contributed by atoms with Crippen molar-refractivity contribution in [1.82, 2.24) is 0 Å². The summed E-state index contributed by atoms with van der Waals surface area (Å²) in [4.78, 5) is 0. The van der Waals surface area contributed by atoms with Crippen LogP contribution in [0.4, 0.5) is 0 Å². The summed E-state index contributed by atoms with van der Waals surface area (Å²) in [6.45, 7) is 12.5. The molecule has 0 fully saturated rings. The van der Waals surface area contributed by atoms with Crippen molar-refractivity contribution in [3.63, 3.8) is 0 Å². The van der Waals surface area contributed by atoms with Crippen molar-refractivity contribution in [1.29, 1.82) is 0 Å². The van der Waals surface area contributed by atoms with Gasteiger partial charge in [-0.1, -0.05) is 34.9 Å². The Morgan fingerprint density at radius 3 is 1.70 bits per heavy atom. The first-order valence-corrected chi connectivity index (χ1v) is 7.88. The number of hydrogen-bond acceptors (Lipinski definition) is 1. The summed E-state index contributed by atoms with van der Waals surface area (Å²) in [5.41, 5.74) is 3.79. The molecule has 116 valence electrons. The van der Waals surface area contributed by atoms with Gasteiger partial charge in [0.25, 0.3) is 0 Å². The SMILES string of the molecule is CC(C)=CCCC(C)=CCCC(C)=CCCC(C)(C)O. The van der Waals surface area contributed by atoms with Gasteiger partial charge in [0.1, 0.15) is 0 Å². The van der Waals surface area contributed by atoms with Crippen molar-refractivity contribution in [3.8, 4) is 0 Å². The average molecular weight is 278 g/mol. The van der Waals surface area contributed by atoms with Gasteiger partial charge in [-0.05, 0) is 80.1 Å². The van der Waals surface area contributed by atoms with E-state index in [1.165, 1.54) is 23.1 Å². The second kappa shape index (κ2) is 9.99. The lowest BCUT2D eigenvalue weighted by atomic mass is 10.0. The number of allylic oxidation sites excluding steroid dienone is 6. The Hall–Kier alpha value is -0.820. The minimum absolute atomic E-state index is 0.543. The highest BCUT2D eigenvalue weighted by atomic mass is 16.3. The van der Waals surface area contributed by atoms with E-state index in [0.717, 1.165) is 32.1 Å². The quantitative estimate of drug-likeness (QED) is 0.516. The minimum Gasteiger partial charge on any atom is -0.390 e. The first kappa shape index (κ1) is 19.2. The van der Waals surface area contributed by atoms with Crippen molar-refractivity contribution >= 4 is 0 Å². The van der Waals surface area contributed by atoms with Crippen LogP contribution in [0.25, 0.3) is 0 Å². The van der Waals surface area contributed by atoms with Crippen LogP contribution < -0.4 is 0 Å². The van der Waals surface area contributed by atoms with Crippen LogP contribution in [0.1, 0.15) is 80.1 Å². The monoisotopic (exact) mass is 278 g/mol. The molecule has 0 aliphatic rings. The summed E-state index contributed by atoms with van der Waals surface area (Å²) in [7, 11) is 0. The molecule has 1 N–H and O–H groups in total. The van der Waals surface area contributed by atoms with Gasteiger partial charge in [0.15, 0.2) is 0 Å². The van der Waals surface area contributed by atoms with Crippen molar-refractivity contribution < 1.29 is 5.11 Å². The van der Waals surface area contributed by atoms with Crippen molar-refractivity contribution in [2.75, 3.05) is 0 Å². The van der Waals surface area contributed by atoms with Crippen LogP contribution in [0.5, 0.6) is 0 Å². The van der Waals surface area contributed by atoms with Gasteiger partial charge in [-0.25, -0.2) is 0 Å². The van der Waals surface area contributed by atoms with E-state index in [0.29, 0.717) is 0 Å². The Bertz CT molecular complexity index is 346. The zero-order valence-electron chi connectivity index (χ0n) is 14.4. The molecule has 0 saturated carbocycles. The maximum absolute atomic E-state index is 9.66. The summed E-state index contributed by atoms with van der Waals surface area (Å²) in [6.07, 6.45) is 13.3. The molecule has 0 atom stereocenters. The Morgan fingerprint density at radius 2 is 1.25 bits per heavy atom. The van der Waals surface area contributed by atoms with Gasteiger partial charge in [-0.3, -0.25) is 0 Å². The fraction of sp³-hybridized carbons (Fsp3) is 0.684. The molecule has 0 aromatic carbocycles. The molecule has 0 aliphatic carbocycles. The van der Waals surface area contributed by atoms with Gasteiger partial charge in [-0.2, -0.15) is 0 Å². The lowest BCUT2D eigenvalue weighted by Gasteiger charge is -2.15. The summed E-state index contributed by atoms with van der Waals surface area (Å²) in [5, 5.41) is 9.66. The van der Waals surface area contributed by atoms with E-state index in [2.05, 4.69) is 45.9 Å². The Labute approximate surface area is 126 Å². The van der Waals surface area contributed by atoms with Crippen molar-refractivity contribution in [3.05, 3.63) is 34.9 Å². The Balaban J connectivity index is 3.91. The molecule has 0 saturated heterocycles. The lowest BCUT2D eigenvalue weighted by Crippen LogP contribution is -2.17. The summed E-state index contributed by atoms with van der Waals surface area (Å²) in [5.74, 6) is 0. The molecular formula is C19H34O. The lowest BCUT2D eigenvalue weighted by molar-refractivity contribution is 0.0721. The van der Waals surface area contributed by atoms with Crippen LogP contribution in [0, 0.1) is 0 Å². The van der Waals surface area contributed by atoms with E-state index >= 15 is 0 Å². The zero-order valence-corrected chi connectivity index (χ0v) is 14.4. The molecule has 0 bridgehead atoms. The third-order valence-corrected chi connectivity index (χ3v) is 3.37. The van der Waals surface area contributed by atoms with Gasteiger partial charge in [-0.15, -0.1) is 0 Å². The first-order valence-electron chi connectivity index (χ1n) is 7.88. The van der Waals surface area contributed by atoms with E-state index in [1.54, 1.807) is 0 Å². The second-order valence-corrected chi connectivity index (χ2v) is 6.81. The molecule has 0 radical (unpaired) electrons. The van der Waals surface area contributed by atoms with Gasteiger partial charge in [0, 0.05) is 0 Å². The van der Waals surface area contributed by atoms with E-state index in [4.69, 9.17) is 0 Å². The van der Waals surface area contributed by atoms with Gasteiger partial charge < -0.3 is 5.11 Å². The molecule has 0 aromatic heterocycles. The second-order valence-electron chi connectivity index (χ2n) is 6.81. The van der Waals surface area contributed by atoms with Crippen LogP contribution in [0.2, 0.25) is 0 Å². The fourth-order valence-electron chi connectivity index (χ4n) is 2.01. The first-order chi connectivity index (χ1) is 9.20. The summed E-state index contributed by atoms with van der Waals surface area (Å²) in [6, 6.07) is 0. The third-order valence-electron chi connectivity index (χ3n) is 3.37. The van der Waals surface area contributed by atoms with E-state index in [9.17, 15) is 5.11 Å². The molecule has 0 rings (SSSR count). The highest BCUT2D eigenvalue weighted by molar-refractivity contribution is 5.05. The largest absolute Gasteiger partial charge is 0.390 e.